The number of nitrogens with one attached hydrogen (secondary N) is 1. The van der Waals surface area contributed by atoms with Crippen LogP contribution in [0, 0.1) is 6.92 Å². The molecule has 3 aromatic carbocycles. The van der Waals surface area contributed by atoms with Crippen molar-refractivity contribution in [3.63, 3.8) is 0 Å². The number of anilines is 1. The highest BCUT2D eigenvalue weighted by Crippen LogP contribution is 2.22. The van der Waals surface area contributed by atoms with Gasteiger partial charge in [0.15, 0.2) is 0 Å². The number of para-hydroxylation sites is 1. The summed E-state index contributed by atoms with van der Waals surface area (Å²) in [6, 6.07) is 21.5. The summed E-state index contributed by atoms with van der Waals surface area (Å²) >= 11 is 11.9. The van der Waals surface area contributed by atoms with Crippen molar-refractivity contribution in [2.45, 2.75) is 6.92 Å². The van der Waals surface area contributed by atoms with Gasteiger partial charge < -0.3 is 10.2 Å². The molecule has 0 radical (unpaired) electrons. The van der Waals surface area contributed by atoms with E-state index in [1.54, 1.807) is 17.0 Å². The number of rotatable bonds is 6. The topological polar surface area (TPSA) is 49.4 Å². The van der Waals surface area contributed by atoms with Crippen LogP contribution < -0.4 is 10.2 Å². The number of amides is 2. The van der Waals surface area contributed by atoms with E-state index in [1.807, 2.05) is 61.5 Å². The fraction of sp³-hybridized carbons (Fsp3) is 0.130. The first-order valence-corrected chi connectivity index (χ1v) is 9.88. The Morgan fingerprint density at radius 2 is 1.52 bits per heavy atom. The van der Waals surface area contributed by atoms with Gasteiger partial charge in [-0.3, -0.25) is 9.59 Å². The van der Waals surface area contributed by atoms with E-state index in [-0.39, 0.29) is 18.4 Å². The average molecular weight is 427 g/mol. The lowest BCUT2D eigenvalue weighted by atomic mass is 10.1. The van der Waals surface area contributed by atoms with Gasteiger partial charge in [0, 0.05) is 29.9 Å². The lowest BCUT2D eigenvalue weighted by molar-refractivity contribution is 0.0943. The van der Waals surface area contributed by atoms with Gasteiger partial charge in [0.05, 0.1) is 10.0 Å². The summed E-state index contributed by atoms with van der Waals surface area (Å²) in [5, 5.41) is 3.54. The van der Waals surface area contributed by atoms with Crippen molar-refractivity contribution in [3.8, 4) is 0 Å². The number of carbonyl (C=O) groups is 2. The maximum Gasteiger partial charge on any atom is 0.258 e. The monoisotopic (exact) mass is 426 g/mol. The minimum Gasteiger partial charge on any atom is -0.350 e. The molecule has 0 aliphatic carbocycles. The Kier molecular flexibility index (Phi) is 6.91. The van der Waals surface area contributed by atoms with E-state index in [0.717, 1.165) is 11.3 Å². The van der Waals surface area contributed by atoms with Crippen LogP contribution in [-0.4, -0.2) is 24.9 Å². The minimum absolute atomic E-state index is 0.125. The van der Waals surface area contributed by atoms with E-state index >= 15 is 0 Å². The van der Waals surface area contributed by atoms with Gasteiger partial charge >= 0.3 is 0 Å². The van der Waals surface area contributed by atoms with Crippen molar-refractivity contribution in [1.82, 2.24) is 5.32 Å². The number of hydrogen-bond acceptors (Lipinski definition) is 2. The van der Waals surface area contributed by atoms with E-state index in [9.17, 15) is 9.59 Å². The maximum atomic E-state index is 13.1. The Hall–Kier alpha value is -2.82. The third kappa shape index (κ3) is 5.37. The Morgan fingerprint density at radius 3 is 2.17 bits per heavy atom. The molecule has 0 aliphatic rings. The zero-order valence-corrected chi connectivity index (χ0v) is 17.4. The summed E-state index contributed by atoms with van der Waals surface area (Å²) in [4.78, 5) is 27.1. The van der Waals surface area contributed by atoms with Crippen molar-refractivity contribution in [3.05, 3.63) is 99.5 Å². The zero-order valence-electron chi connectivity index (χ0n) is 15.9. The number of carbonyl (C=O) groups excluding carboxylic acids is 2. The van der Waals surface area contributed by atoms with Crippen molar-refractivity contribution < 1.29 is 9.59 Å². The number of aryl methyl sites for hydroxylation is 1. The molecule has 0 fully saturated rings. The number of hydrogen-bond donors (Lipinski definition) is 1. The van der Waals surface area contributed by atoms with Crippen molar-refractivity contribution in [2.24, 2.45) is 0 Å². The Balaban J connectivity index is 1.72. The summed E-state index contributed by atoms with van der Waals surface area (Å²) in [6.45, 7) is 2.58. The van der Waals surface area contributed by atoms with Crippen LogP contribution in [-0.2, 0) is 0 Å². The normalized spacial score (nSPS) is 10.4. The number of halogens is 2. The fourth-order valence-corrected chi connectivity index (χ4v) is 3.13. The minimum atomic E-state index is -0.278. The first kappa shape index (κ1) is 20.9. The van der Waals surface area contributed by atoms with Gasteiger partial charge in [-0.2, -0.15) is 0 Å². The highest BCUT2D eigenvalue weighted by Gasteiger charge is 2.18. The van der Waals surface area contributed by atoms with Crippen LogP contribution in [0.25, 0.3) is 0 Å². The lowest BCUT2D eigenvalue weighted by Gasteiger charge is -2.23. The van der Waals surface area contributed by atoms with Crippen LogP contribution in [0.2, 0.25) is 10.0 Å². The molecule has 6 heteroatoms. The van der Waals surface area contributed by atoms with Crippen LogP contribution in [0.4, 0.5) is 5.69 Å². The van der Waals surface area contributed by atoms with Crippen LogP contribution in [0.1, 0.15) is 26.3 Å². The first-order chi connectivity index (χ1) is 14.0. The molecule has 148 valence electrons. The van der Waals surface area contributed by atoms with Gasteiger partial charge in [0.25, 0.3) is 11.8 Å². The SMILES string of the molecule is Cc1ccc(C(=O)N(CCNC(=O)c2ccc(Cl)c(Cl)c2)c2ccccc2)cc1. The second kappa shape index (κ2) is 9.59. The van der Waals surface area contributed by atoms with Crippen LogP contribution in [0.5, 0.6) is 0 Å². The molecule has 0 saturated heterocycles. The third-order valence-electron chi connectivity index (χ3n) is 4.41. The molecule has 0 bridgehead atoms. The Bertz CT molecular complexity index is 1010. The zero-order chi connectivity index (χ0) is 20.8. The number of nitrogens with zero attached hydrogens (tertiary/aromatic N) is 1. The molecule has 0 atom stereocenters. The number of benzene rings is 3. The van der Waals surface area contributed by atoms with E-state index in [4.69, 9.17) is 23.2 Å². The first-order valence-electron chi connectivity index (χ1n) is 9.12. The molecule has 0 unspecified atom stereocenters. The molecule has 2 amide bonds. The molecule has 0 saturated carbocycles. The van der Waals surface area contributed by atoms with Crippen LogP contribution in [0.3, 0.4) is 0 Å². The molecular weight excluding hydrogens is 407 g/mol. The Morgan fingerprint density at radius 1 is 0.862 bits per heavy atom. The van der Waals surface area contributed by atoms with Crippen molar-refractivity contribution >= 4 is 40.7 Å². The summed E-state index contributed by atoms with van der Waals surface area (Å²) in [5.41, 5.74) is 2.86. The standard InChI is InChI=1S/C23H20Cl2N2O2/c1-16-7-9-17(10-8-16)23(29)27(19-5-3-2-4-6-19)14-13-26-22(28)18-11-12-20(24)21(25)15-18/h2-12,15H,13-14H2,1H3,(H,26,28). The van der Waals surface area contributed by atoms with Gasteiger partial charge in [-0.15, -0.1) is 0 Å². The third-order valence-corrected chi connectivity index (χ3v) is 5.15. The molecule has 29 heavy (non-hydrogen) atoms. The van der Waals surface area contributed by atoms with Gasteiger partial charge in [-0.05, 0) is 49.4 Å². The van der Waals surface area contributed by atoms with E-state index in [2.05, 4.69) is 5.32 Å². The van der Waals surface area contributed by atoms with Crippen LogP contribution in [0.15, 0.2) is 72.8 Å². The van der Waals surface area contributed by atoms with Crippen molar-refractivity contribution in [1.29, 1.82) is 0 Å². The lowest BCUT2D eigenvalue weighted by Crippen LogP contribution is -2.38. The average Bonchev–Trinajstić information content (AvgIpc) is 2.74. The van der Waals surface area contributed by atoms with Crippen molar-refractivity contribution in [2.75, 3.05) is 18.0 Å². The van der Waals surface area contributed by atoms with E-state index in [1.165, 1.54) is 6.07 Å². The Labute approximate surface area is 180 Å². The largest absolute Gasteiger partial charge is 0.350 e. The molecule has 4 nitrogen and oxygen atoms in total. The van der Waals surface area contributed by atoms with Gasteiger partial charge in [0.1, 0.15) is 0 Å². The summed E-state index contributed by atoms with van der Waals surface area (Å²) in [6.07, 6.45) is 0. The van der Waals surface area contributed by atoms with E-state index in [0.29, 0.717) is 27.7 Å². The molecule has 0 aromatic heterocycles. The highest BCUT2D eigenvalue weighted by molar-refractivity contribution is 6.42. The predicted octanol–water partition coefficient (Wildman–Crippen LogP) is 5.38. The van der Waals surface area contributed by atoms with Crippen LogP contribution >= 0.6 is 23.2 Å². The van der Waals surface area contributed by atoms with Gasteiger partial charge in [-0.25, -0.2) is 0 Å². The molecule has 3 rings (SSSR count). The van der Waals surface area contributed by atoms with E-state index < -0.39 is 0 Å². The maximum absolute atomic E-state index is 13.1. The molecular formula is C23H20Cl2N2O2. The smallest absolute Gasteiger partial charge is 0.258 e. The summed E-state index contributed by atoms with van der Waals surface area (Å²) in [7, 11) is 0. The molecule has 0 aliphatic heterocycles. The predicted molar refractivity (Wildman–Crippen MR) is 118 cm³/mol. The molecule has 3 aromatic rings. The summed E-state index contributed by atoms with van der Waals surface area (Å²) < 4.78 is 0. The molecule has 0 spiro atoms. The molecule has 0 heterocycles. The second-order valence-corrected chi connectivity index (χ2v) is 7.36. The second-order valence-electron chi connectivity index (χ2n) is 6.54. The molecule has 1 N–H and O–H groups in total. The quantitative estimate of drug-likeness (QED) is 0.575. The van der Waals surface area contributed by atoms with Gasteiger partial charge in [-0.1, -0.05) is 59.1 Å². The highest BCUT2D eigenvalue weighted by atomic mass is 35.5. The van der Waals surface area contributed by atoms with Gasteiger partial charge in [0.2, 0.25) is 0 Å². The summed E-state index contributed by atoms with van der Waals surface area (Å²) in [5.74, 6) is -0.403. The fourth-order valence-electron chi connectivity index (χ4n) is 2.83.